The number of aromatic nitrogens is 1. The van der Waals surface area contributed by atoms with Crippen LogP contribution in [-0.4, -0.2) is 31.5 Å². The van der Waals surface area contributed by atoms with Crippen molar-refractivity contribution in [2.75, 3.05) is 31.0 Å². The summed E-state index contributed by atoms with van der Waals surface area (Å²) in [6.07, 6.45) is 0. The van der Waals surface area contributed by atoms with Gasteiger partial charge < -0.3 is 15.6 Å². The van der Waals surface area contributed by atoms with E-state index in [9.17, 15) is 4.79 Å². The Kier molecular flexibility index (Phi) is 3.87. The monoisotopic (exact) mass is 209 g/mol. The van der Waals surface area contributed by atoms with Crippen molar-refractivity contribution >= 4 is 17.5 Å². The minimum atomic E-state index is -0.0644. The number of hydrogen-bond acceptors (Lipinski definition) is 5. The largest absolute Gasteiger partial charge is 0.358 e. The summed E-state index contributed by atoms with van der Waals surface area (Å²) in [5, 5.41) is 2.55. The van der Waals surface area contributed by atoms with E-state index < -0.39 is 0 Å². The maximum atomic E-state index is 11.1. The maximum Gasteiger partial charge on any atom is 0.239 e. The maximum absolute atomic E-state index is 11.1. The first-order valence-electron chi connectivity index (χ1n) is 4.52. The average Bonchev–Trinajstić information content (AvgIpc) is 2.28. The van der Waals surface area contributed by atoms with Crippen LogP contribution in [0.15, 0.2) is 18.2 Å². The van der Waals surface area contributed by atoms with Gasteiger partial charge in [0.2, 0.25) is 5.91 Å². The van der Waals surface area contributed by atoms with E-state index in [4.69, 9.17) is 5.84 Å². The van der Waals surface area contributed by atoms with E-state index in [1.807, 2.05) is 12.1 Å². The van der Waals surface area contributed by atoms with Gasteiger partial charge in [-0.15, -0.1) is 0 Å². The van der Waals surface area contributed by atoms with Crippen LogP contribution in [0.25, 0.3) is 0 Å². The molecule has 0 aliphatic rings. The van der Waals surface area contributed by atoms with Gasteiger partial charge in [-0.3, -0.25) is 4.79 Å². The highest BCUT2D eigenvalue weighted by atomic mass is 16.1. The number of hydrogen-bond donors (Lipinski definition) is 3. The van der Waals surface area contributed by atoms with Crippen LogP contribution in [0, 0.1) is 0 Å². The molecular formula is C9H15N5O. The molecular weight excluding hydrogens is 194 g/mol. The van der Waals surface area contributed by atoms with Crippen LogP contribution >= 0.6 is 0 Å². The van der Waals surface area contributed by atoms with Crippen LogP contribution < -0.4 is 21.5 Å². The fraction of sp³-hybridized carbons (Fsp3) is 0.333. The van der Waals surface area contributed by atoms with Crippen molar-refractivity contribution < 1.29 is 4.79 Å². The molecule has 15 heavy (non-hydrogen) atoms. The van der Waals surface area contributed by atoms with Gasteiger partial charge in [-0.1, -0.05) is 6.07 Å². The molecule has 0 aliphatic carbocycles. The number of nitrogens with two attached hydrogens (primary N) is 1. The first-order chi connectivity index (χ1) is 7.17. The van der Waals surface area contributed by atoms with Gasteiger partial charge in [0.25, 0.3) is 0 Å². The number of carbonyl (C=O) groups is 1. The first kappa shape index (κ1) is 11.3. The highest BCUT2D eigenvalue weighted by Gasteiger charge is 2.06. The second kappa shape index (κ2) is 5.16. The van der Waals surface area contributed by atoms with E-state index in [0.717, 1.165) is 0 Å². The summed E-state index contributed by atoms with van der Waals surface area (Å²) in [6.45, 7) is 0.261. The summed E-state index contributed by atoms with van der Waals surface area (Å²) < 4.78 is 0. The Morgan fingerprint density at radius 3 is 2.93 bits per heavy atom. The van der Waals surface area contributed by atoms with Crippen LogP contribution in [0.5, 0.6) is 0 Å². The van der Waals surface area contributed by atoms with Gasteiger partial charge in [-0.2, -0.15) is 0 Å². The van der Waals surface area contributed by atoms with E-state index in [-0.39, 0.29) is 12.5 Å². The summed E-state index contributed by atoms with van der Waals surface area (Å²) in [6, 6.07) is 5.37. The molecule has 0 aliphatic heterocycles. The molecule has 4 N–H and O–H groups in total. The Morgan fingerprint density at radius 1 is 1.60 bits per heavy atom. The Hall–Kier alpha value is -1.82. The van der Waals surface area contributed by atoms with Gasteiger partial charge >= 0.3 is 0 Å². The zero-order chi connectivity index (χ0) is 11.3. The van der Waals surface area contributed by atoms with Gasteiger partial charge in [0.1, 0.15) is 11.6 Å². The summed E-state index contributed by atoms with van der Waals surface area (Å²) in [5.41, 5.74) is 2.45. The van der Waals surface area contributed by atoms with Gasteiger partial charge in [0.05, 0.1) is 6.54 Å². The fourth-order valence-corrected chi connectivity index (χ4v) is 1.09. The molecule has 0 aromatic carbocycles. The number of nitrogens with zero attached hydrogens (tertiary/aromatic N) is 2. The van der Waals surface area contributed by atoms with Gasteiger partial charge in [-0.25, -0.2) is 10.8 Å². The number of pyridine rings is 1. The molecule has 0 spiro atoms. The molecule has 1 rings (SSSR count). The molecule has 6 heteroatoms. The van der Waals surface area contributed by atoms with Crippen LogP contribution in [-0.2, 0) is 4.79 Å². The van der Waals surface area contributed by atoms with Crippen molar-refractivity contribution in [1.82, 2.24) is 10.3 Å². The van der Waals surface area contributed by atoms with Crippen molar-refractivity contribution in [3.63, 3.8) is 0 Å². The topological polar surface area (TPSA) is 83.3 Å². The number of nitrogens with one attached hydrogen (secondary N) is 2. The number of nitrogen functional groups attached to an aromatic ring is 1. The van der Waals surface area contributed by atoms with Crippen molar-refractivity contribution in [3.05, 3.63) is 18.2 Å². The summed E-state index contributed by atoms with van der Waals surface area (Å²) in [7, 11) is 3.39. The minimum absolute atomic E-state index is 0.0644. The standard InChI is InChI=1S/C9H15N5O/c1-11-9(15)6-14(2)8-5-3-4-7(12-8)13-10/h3-5H,6,10H2,1-2H3,(H,11,15)(H,12,13). The third kappa shape index (κ3) is 3.10. The van der Waals surface area contributed by atoms with Crippen LogP contribution in [0.3, 0.4) is 0 Å². The van der Waals surface area contributed by atoms with Crippen LogP contribution in [0.1, 0.15) is 0 Å². The van der Waals surface area contributed by atoms with Gasteiger partial charge in [0.15, 0.2) is 0 Å². The lowest BCUT2D eigenvalue weighted by atomic mass is 10.4. The highest BCUT2D eigenvalue weighted by molar-refractivity contribution is 5.80. The highest BCUT2D eigenvalue weighted by Crippen LogP contribution is 2.11. The normalized spacial score (nSPS) is 9.53. The zero-order valence-electron chi connectivity index (χ0n) is 8.82. The molecule has 0 fully saturated rings. The van der Waals surface area contributed by atoms with Crippen molar-refractivity contribution in [2.45, 2.75) is 0 Å². The van der Waals surface area contributed by atoms with Crippen molar-refractivity contribution in [2.24, 2.45) is 5.84 Å². The zero-order valence-corrected chi connectivity index (χ0v) is 8.82. The van der Waals surface area contributed by atoms with Crippen LogP contribution in [0.4, 0.5) is 11.6 Å². The Morgan fingerprint density at radius 2 is 2.33 bits per heavy atom. The molecule has 1 aromatic heterocycles. The molecule has 1 heterocycles. The van der Waals surface area contributed by atoms with E-state index in [0.29, 0.717) is 11.6 Å². The number of carbonyl (C=O) groups excluding carboxylic acids is 1. The lowest BCUT2D eigenvalue weighted by Gasteiger charge is -2.17. The number of anilines is 2. The SMILES string of the molecule is CNC(=O)CN(C)c1cccc(NN)n1. The molecule has 0 radical (unpaired) electrons. The molecule has 1 amide bonds. The molecule has 0 unspecified atom stereocenters. The number of likely N-dealkylation sites (N-methyl/N-ethyl adjacent to an activating group) is 2. The van der Waals surface area contributed by atoms with Crippen molar-refractivity contribution in [1.29, 1.82) is 0 Å². The van der Waals surface area contributed by atoms with Gasteiger partial charge in [-0.05, 0) is 12.1 Å². The molecule has 1 aromatic rings. The second-order valence-corrected chi connectivity index (χ2v) is 3.05. The van der Waals surface area contributed by atoms with E-state index in [1.165, 1.54) is 0 Å². The third-order valence-electron chi connectivity index (χ3n) is 1.93. The molecule has 0 saturated carbocycles. The molecule has 6 nitrogen and oxygen atoms in total. The Labute approximate surface area is 88.4 Å². The fourth-order valence-electron chi connectivity index (χ4n) is 1.09. The molecule has 0 bridgehead atoms. The van der Waals surface area contributed by atoms with Crippen molar-refractivity contribution in [3.8, 4) is 0 Å². The predicted octanol–water partition coefficient (Wildman–Crippen LogP) is -0.451. The Bertz CT molecular complexity index is 341. The lowest BCUT2D eigenvalue weighted by Crippen LogP contribution is -2.33. The van der Waals surface area contributed by atoms with E-state index in [1.54, 1.807) is 25.1 Å². The average molecular weight is 209 g/mol. The third-order valence-corrected chi connectivity index (χ3v) is 1.93. The number of rotatable bonds is 4. The minimum Gasteiger partial charge on any atom is -0.358 e. The summed E-state index contributed by atoms with van der Waals surface area (Å²) in [4.78, 5) is 17.1. The molecule has 0 saturated heterocycles. The number of amides is 1. The first-order valence-corrected chi connectivity index (χ1v) is 4.52. The second-order valence-electron chi connectivity index (χ2n) is 3.05. The Balaban J connectivity index is 2.72. The van der Waals surface area contributed by atoms with E-state index in [2.05, 4.69) is 15.7 Å². The molecule has 0 atom stereocenters. The summed E-state index contributed by atoms with van der Waals surface area (Å²) in [5.74, 6) is 6.43. The predicted molar refractivity (Wildman–Crippen MR) is 59.4 cm³/mol. The van der Waals surface area contributed by atoms with Gasteiger partial charge in [0, 0.05) is 14.1 Å². The summed E-state index contributed by atoms with van der Waals surface area (Å²) >= 11 is 0. The molecule has 82 valence electrons. The smallest absolute Gasteiger partial charge is 0.239 e. The van der Waals surface area contributed by atoms with E-state index >= 15 is 0 Å². The quantitative estimate of drug-likeness (QED) is 0.462. The lowest BCUT2D eigenvalue weighted by molar-refractivity contribution is -0.119. The number of hydrazine groups is 1. The van der Waals surface area contributed by atoms with Crippen LogP contribution in [0.2, 0.25) is 0 Å².